The summed E-state index contributed by atoms with van der Waals surface area (Å²) in [5, 5.41) is 0. The van der Waals surface area contributed by atoms with E-state index in [1.165, 1.54) is 6.54 Å². The molecule has 1 aliphatic rings. The fourth-order valence-corrected chi connectivity index (χ4v) is 1.28. The lowest BCUT2D eigenvalue weighted by Crippen LogP contribution is -2.26. The van der Waals surface area contributed by atoms with Gasteiger partial charge in [0.25, 0.3) is 0 Å². The first-order valence-corrected chi connectivity index (χ1v) is 3.92. The molecule has 1 unspecified atom stereocenters. The largest absolute Gasteiger partial charge is 0.326 e. The number of nitrogens with two attached hydrogens (primary N) is 1. The number of nitrogens with zero attached hydrogens (tertiary/aromatic N) is 1. The summed E-state index contributed by atoms with van der Waals surface area (Å²) in [6.45, 7) is 5.37. The number of rotatable bonds is 2. The van der Waals surface area contributed by atoms with Gasteiger partial charge in [-0.1, -0.05) is 12.2 Å². The monoisotopic (exact) mass is 140 g/mol. The molecule has 1 atom stereocenters. The zero-order valence-electron chi connectivity index (χ0n) is 6.59. The molecule has 10 heavy (non-hydrogen) atoms. The molecular weight excluding hydrogens is 124 g/mol. The predicted molar refractivity (Wildman–Crippen MR) is 43.8 cm³/mol. The van der Waals surface area contributed by atoms with Crippen LogP contribution in [0.2, 0.25) is 0 Å². The van der Waals surface area contributed by atoms with Gasteiger partial charge in [-0.3, -0.25) is 4.90 Å². The van der Waals surface area contributed by atoms with Gasteiger partial charge in [0.05, 0.1) is 0 Å². The number of hydrogen-bond acceptors (Lipinski definition) is 2. The molecule has 0 aromatic heterocycles. The predicted octanol–water partition coefficient (Wildman–Crippen LogP) is 0.596. The summed E-state index contributed by atoms with van der Waals surface area (Å²) in [4.78, 5) is 2.38. The van der Waals surface area contributed by atoms with Crippen LogP contribution < -0.4 is 5.73 Å². The molecule has 1 rings (SSSR count). The maximum atomic E-state index is 5.73. The Bertz CT molecular complexity index is 120. The lowest BCUT2D eigenvalue weighted by atomic mass is 10.3. The Balaban J connectivity index is 2.18. The fourth-order valence-electron chi connectivity index (χ4n) is 1.28. The molecule has 2 heteroatoms. The van der Waals surface area contributed by atoms with Gasteiger partial charge in [0.1, 0.15) is 0 Å². The first kappa shape index (κ1) is 7.76. The van der Waals surface area contributed by atoms with Crippen LogP contribution in [-0.2, 0) is 0 Å². The van der Waals surface area contributed by atoms with Crippen molar-refractivity contribution in [1.82, 2.24) is 4.90 Å². The van der Waals surface area contributed by atoms with Gasteiger partial charge in [-0.25, -0.2) is 0 Å². The topological polar surface area (TPSA) is 29.3 Å². The average Bonchev–Trinajstić information content (AvgIpc) is 2.31. The summed E-state index contributed by atoms with van der Waals surface area (Å²) in [5.74, 6) is 0. The van der Waals surface area contributed by atoms with E-state index in [4.69, 9.17) is 5.73 Å². The van der Waals surface area contributed by atoms with Gasteiger partial charge in [0, 0.05) is 25.7 Å². The summed E-state index contributed by atoms with van der Waals surface area (Å²) in [5.41, 5.74) is 5.73. The van der Waals surface area contributed by atoms with Crippen LogP contribution in [-0.4, -0.2) is 30.6 Å². The third-order valence-electron chi connectivity index (χ3n) is 1.91. The van der Waals surface area contributed by atoms with Crippen LogP contribution in [0.5, 0.6) is 0 Å². The van der Waals surface area contributed by atoms with Crippen LogP contribution in [0.1, 0.15) is 13.3 Å². The number of likely N-dealkylation sites (tertiary alicyclic amines) is 1. The molecule has 0 saturated carbocycles. The molecule has 0 spiro atoms. The van der Waals surface area contributed by atoms with Crippen molar-refractivity contribution in [3.05, 3.63) is 12.2 Å². The van der Waals surface area contributed by atoms with Crippen molar-refractivity contribution >= 4 is 0 Å². The molecule has 0 aromatic carbocycles. The third kappa shape index (κ3) is 2.12. The van der Waals surface area contributed by atoms with Crippen molar-refractivity contribution in [3.63, 3.8) is 0 Å². The van der Waals surface area contributed by atoms with Gasteiger partial charge in [-0.2, -0.15) is 0 Å². The molecule has 1 heterocycles. The van der Waals surface area contributed by atoms with E-state index in [0.29, 0.717) is 6.04 Å². The number of allylic oxidation sites excluding steroid dienone is 1. The Morgan fingerprint density at radius 2 is 2.50 bits per heavy atom. The molecular formula is C8H16N2. The molecule has 2 N–H and O–H groups in total. The summed E-state index contributed by atoms with van der Waals surface area (Å²) in [7, 11) is 0. The van der Waals surface area contributed by atoms with Crippen LogP contribution in [0.4, 0.5) is 0 Å². The molecule has 1 fully saturated rings. The van der Waals surface area contributed by atoms with Crippen LogP contribution in [0.3, 0.4) is 0 Å². The van der Waals surface area contributed by atoms with E-state index in [1.54, 1.807) is 0 Å². The minimum atomic E-state index is 0.422. The SMILES string of the molecule is C/C=C/CN1CCC(N)C1. The lowest BCUT2D eigenvalue weighted by molar-refractivity contribution is 0.371. The van der Waals surface area contributed by atoms with E-state index in [1.807, 2.05) is 0 Å². The fraction of sp³-hybridized carbons (Fsp3) is 0.750. The van der Waals surface area contributed by atoms with Crippen LogP contribution in [0.15, 0.2) is 12.2 Å². The normalized spacial score (nSPS) is 28.4. The zero-order valence-corrected chi connectivity index (χ0v) is 6.59. The van der Waals surface area contributed by atoms with Crippen molar-refractivity contribution in [1.29, 1.82) is 0 Å². The van der Waals surface area contributed by atoms with Crippen LogP contribution >= 0.6 is 0 Å². The highest BCUT2D eigenvalue weighted by Crippen LogP contribution is 2.05. The summed E-state index contributed by atoms with van der Waals surface area (Å²) < 4.78 is 0. The first-order valence-electron chi connectivity index (χ1n) is 3.92. The first-order chi connectivity index (χ1) is 4.83. The van der Waals surface area contributed by atoms with Crippen LogP contribution in [0.25, 0.3) is 0 Å². The standard InChI is InChI=1S/C8H16N2/c1-2-3-5-10-6-4-8(9)7-10/h2-3,8H,4-7,9H2,1H3/b3-2+. The lowest BCUT2D eigenvalue weighted by Gasteiger charge is -2.10. The third-order valence-corrected chi connectivity index (χ3v) is 1.91. The van der Waals surface area contributed by atoms with Crippen molar-refractivity contribution < 1.29 is 0 Å². The minimum absolute atomic E-state index is 0.422. The highest BCUT2D eigenvalue weighted by molar-refractivity contribution is 4.86. The molecule has 58 valence electrons. The Hall–Kier alpha value is -0.340. The molecule has 1 aliphatic heterocycles. The second kappa shape index (κ2) is 3.74. The maximum Gasteiger partial charge on any atom is 0.0180 e. The van der Waals surface area contributed by atoms with Crippen molar-refractivity contribution in [2.75, 3.05) is 19.6 Å². The van der Waals surface area contributed by atoms with Gasteiger partial charge in [-0.15, -0.1) is 0 Å². The van der Waals surface area contributed by atoms with Gasteiger partial charge in [0.15, 0.2) is 0 Å². The molecule has 0 aromatic rings. The van der Waals surface area contributed by atoms with E-state index in [0.717, 1.165) is 19.5 Å². The van der Waals surface area contributed by atoms with Crippen molar-refractivity contribution in [3.8, 4) is 0 Å². The second-order valence-electron chi connectivity index (χ2n) is 2.88. The molecule has 0 amide bonds. The van der Waals surface area contributed by atoms with E-state index in [2.05, 4.69) is 24.0 Å². The Morgan fingerprint density at radius 1 is 1.70 bits per heavy atom. The van der Waals surface area contributed by atoms with E-state index >= 15 is 0 Å². The molecule has 1 saturated heterocycles. The van der Waals surface area contributed by atoms with Gasteiger partial charge in [0.2, 0.25) is 0 Å². The average molecular weight is 140 g/mol. The minimum Gasteiger partial charge on any atom is -0.326 e. The highest BCUT2D eigenvalue weighted by Gasteiger charge is 2.16. The van der Waals surface area contributed by atoms with Gasteiger partial charge < -0.3 is 5.73 Å². The molecule has 2 nitrogen and oxygen atoms in total. The Labute approximate surface area is 62.7 Å². The van der Waals surface area contributed by atoms with Crippen molar-refractivity contribution in [2.24, 2.45) is 5.73 Å². The molecule has 0 radical (unpaired) electrons. The number of hydrogen-bond donors (Lipinski definition) is 1. The van der Waals surface area contributed by atoms with E-state index < -0.39 is 0 Å². The maximum absolute atomic E-state index is 5.73. The van der Waals surface area contributed by atoms with Crippen molar-refractivity contribution in [2.45, 2.75) is 19.4 Å². The van der Waals surface area contributed by atoms with Gasteiger partial charge in [-0.05, 0) is 13.3 Å². The molecule has 0 aliphatic carbocycles. The Kier molecular flexibility index (Phi) is 2.90. The van der Waals surface area contributed by atoms with Gasteiger partial charge >= 0.3 is 0 Å². The quantitative estimate of drug-likeness (QED) is 0.569. The smallest absolute Gasteiger partial charge is 0.0180 e. The summed E-state index contributed by atoms with van der Waals surface area (Å²) in [6, 6.07) is 0.422. The highest BCUT2D eigenvalue weighted by atomic mass is 15.2. The zero-order chi connectivity index (χ0) is 7.40. The second-order valence-corrected chi connectivity index (χ2v) is 2.88. The summed E-state index contributed by atoms with van der Waals surface area (Å²) >= 11 is 0. The Morgan fingerprint density at radius 3 is 3.00 bits per heavy atom. The van der Waals surface area contributed by atoms with E-state index in [-0.39, 0.29) is 0 Å². The van der Waals surface area contributed by atoms with E-state index in [9.17, 15) is 0 Å². The summed E-state index contributed by atoms with van der Waals surface area (Å²) in [6.07, 6.45) is 5.43. The molecule has 0 bridgehead atoms. The van der Waals surface area contributed by atoms with Crippen LogP contribution in [0, 0.1) is 0 Å².